The van der Waals surface area contributed by atoms with Crippen LogP contribution in [0.2, 0.25) is 0 Å². The summed E-state index contributed by atoms with van der Waals surface area (Å²) >= 11 is 0. The van der Waals surface area contributed by atoms with Crippen molar-refractivity contribution in [1.82, 2.24) is 10.5 Å². The quantitative estimate of drug-likeness (QED) is 0.896. The fourth-order valence-corrected chi connectivity index (χ4v) is 2.32. The molecule has 0 aromatic carbocycles. The molecule has 0 aliphatic heterocycles. The molecule has 0 bridgehead atoms. The lowest BCUT2D eigenvalue weighted by molar-refractivity contribution is -0.0832. The van der Waals surface area contributed by atoms with Crippen molar-refractivity contribution < 1.29 is 18.1 Å². The molecule has 1 atom stereocenters. The van der Waals surface area contributed by atoms with Crippen molar-refractivity contribution in [3.8, 4) is 0 Å². The highest BCUT2D eigenvalue weighted by Crippen LogP contribution is 2.37. The van der Waals surface area contributed by atoms with Gasteiger partial charge in [-0.2, -0.15) is 0 Å². The summed E-state index contributed by atoms with van der Waals surface area (Å²) in [6, 6.07) is -0.539. The van der Waals surface area contributed by atoms with E-state index in [-0.39, 0.29) is 13.0 Å². The average molecular weight is 287 g/mol. The Hall–Kier alpha value is -1.66. The molecule has 1 unspecified atom stereocenters. The zero-order chi connectivity index (χ0) is 14.8. The highest BCUT2D eigenvalue weighted by atomic mass is 19.3. The maximum Gasteiger partial charge on any atom is 0.320 e. The second-order valence-corrected chi connectivity index (χ2v) is 5.25. The van der Waals surface area contributed by atoms with Crippen LogP contribution in [0.15, 0.2) is 4.52 Å². The molecule has 7 heteroatoms. The van der Waals surface area contributed by atoms with Crippen LogP contribution in [0.3, 0.4) is 0 Å². The lowest BCUT2D eigenvalue weighted by atomic mass is 9.85. The Kier molecular flexibility index (Phi) is 4.25. The van der Waals surface area contributed by atoms with Gasteiger partial charge in [0.1, 0.15) is 5.76 Å². The van der Waals surface area contributed by atoms with Gasteiger partial charge in [0, 0.05) is 24.4 Å². The first-order chi connectivity index (χ1) is 9.40. The van der Waals surface area contributed by atoms with Crippen LogP contribution in [0.1, 0.15) is 37.0 Å². The van der Waals surface area contributed by atoms with Crippen molar-refractivity contribution in [3.05, 3.63) is 11.3 Å². The molecule has 5 nitrogen and oxygen atoms in total. The lowest BCUT2D eigenvalue weighted by Crippen LogP contribution is -2.42. The standard InChI is InChI=1S/C13H19F2N3O2/c1-8-9(2)20-18-11(8)17-12(19)16-7-10-5-3-4-6-13(10,14)15/h10H,3-7H2,1-2H3,(H2,16,17,18,19). The number of amides is 2. The van der Waals surface area contributed by atoms with Crippen molar-refractivity contribution in [3.63, 3.8) is 0 Å². The predicted molar refractivity (Wildman–Crippen MR) is 69.9 cm³/mol. The van der Waals surface area contributed by atoms with E-state index in [9.17, 15) is 13.6 Å². The second kappa shape index (κ2) is 5.76. The number of halogens is 2. The van der Waals surface area contributed by atoms with Crippen molar-refractivity contribution in [2.45, 2.75) is 45.5 Å². The van der Waals surface area contributed by atoms with E-state index in [0.29, 0.717) is 24.4 Å². The van der Waals surface area contributed by atoms with Crippen molar-refractivity contribution in [2.24, 2.45) is 5.92 Å². The van der Waals surface area contributed by atoms with Gasteiger partial charge in [0.25, 0.3) is 5.92 Å². The van der Waals surface area contributed by atoms with E-state index >= 15 is 0 Å². The Balaban J connectivity index is 1.84. The van der Waals surface area contributed by atoms with E-state index in [2.05, 4.69) is 15.8 Å². The molecule has 0 radical (unpaired) electrons. The van der Waals surface area contributed by atoms with Crippen LogP contribution in [-0.4, -0.2) is 23.7 Å². The number of alkyl halides is 2. The average Bonchev–Trinajstić information content (AvgIpc) is 2.69. The Labute approximate surface area is 116 Å². The van der Waals surface area contributed by atoms with Crippen LogP contribution in [0.4, 0.5) is 19.4 Å². The minimum Gasteiger partial charge on any atom is -0.359 e. The summed E-state index contributed by atoms with van der Waals surface area (Å²) in [6.07, 6.45) is 1.68. The molecule has 1 heterocycles. The molecule has 0 saturated heterocycles. The lowest BCUT2D eigenvalue weighted by Gasteiger charge is -2.31. The summed E-state index contributed by atoms with van der Waals surface area (Å²) in [7, 11) is 0. The summed E-state index contributed by atoms with van der Waals surface area (Å²) in [5.74, 6) is -2.55. The molecule has 112 valence electrons. The molecule has 1 aliphatic carbocycles. The number of carbonyl (C=O) groups excluding carboxylic acids is 1. The van der Waals surface area contributed by atoms with E-state index in [0.717, 1.165) is 12.0 Å². The number of nitrogens with one attached hydrogen (secondary N) is 2. The summed E-state index contributed by atoms with van der Waals surface area (Å²) in [5, 5.41) is 8.66. The topological polar surface area (TPSA) is 67.2 Å². The summed E-state index contributed by atoms with van der Waals surface area (Å²) < 4.78 is 32.1. The molecule has 2 rings (SSSR count). The first-order valence-corrected chi connectivity index (χ1v) is 6.75. The van der Waals surface area contributed by atoms with E-state index in [1.807, 2.05) is 0 Å². The van der Waals surface area contributed by atoms with Gasteiger partial charge in [-0.1, -0.05) is 11.6 Å². The van der Waals surface area contributed by atoms with Gasteiger partial charge in [0.05, 0.1) is 0 Å². The van der Waals surface area contributed by atoms with Gasteiger partial charge in [0.15, 0.2) is 5.82 Å². The van der Waals surface area contributed by atoms with E-state index < -0.39 is 17.9 Å². The summed E-state index contributed by atoms with van der Waals surface area (Å²) in [6.45, 7) is 3.46. The third kappa shape index (κ3) is 3.26. The SMILES string of the molecule is Cc1onc(NC(=O)NCC2CCCCC2(F)F)c1C. The normalized spacial score (nSPS) is 21.5. The fraction of sp³-hybridized carbons (Fsp3) is 0.692. The number of urea groups is 1. The molecule has 1 fully saturated rings. The molecule has 0 spiro atoms. The van der Waals surface area contributed by atoms with Gasteiger partial charge in [-0.15, -0.1) is 0 Å². The monoisotopic (exact) mass is 287 g/mol. The van der Waals surface area contributed by atoms with Gasteiger partial charge in [0.2, 0.25) is 0 Å². The van der Waals surface area contributed by atoms with Crippen molar-refractivity contribution in [2.75, 3.05) is 11.9 Å². The van der Waals surface area contributed by atoms with Crippen molar-refractivity contribution in [1.29, 1.82) is 0 Å². The number of anilines is 1. The van der Waals surface area contributed by atoms with E-state index in [1.54, 1.807) is 13.8 Å². The molecular formula is C13H19F2N3O2. The van der Waals surface area contributed by atoms with Crippen LogP contribution < -0.4 is 10.6 Å². The van der Waals surface area contributed by atoms with Crippen LogP contribution >= 0.6 is 0 Å². The minimum absolute atomic E-state index is 0.0330. The maximum atomic E-state index is 13.6. The summed E-state index contributed by atoms with van der Waals surface area (Å²) in [5.41, 5.74) is 0.725. The van der Waals surface area contributed by atoms with Gasteiger partial charge < -0.3 is 9.84 Å². The fourth-order valence-electron chi connectivity index (χ4n) is 2.32. The first kappa shape index (κ1) is 14.7. The Morgan fingerprint density at radius 3 is 2.80 bits per heavy atom. The number of nitrogens with zero attached hydrogens (tertiary/aromatic N) is 1. The molecule has 2 N–H and O–H groups in total. The van der Waals surface area contributed by atoms with Crippen LogP contribution in [0.25, 0.3) is 0 Å². The molecular weight excluding hydrogens is 268 g/mol. The number of aryl methyl sites for hydroxylation is 1. The molecule has 1 aromatic rings. The zero-order valence-corrected chi connectivity index (χ0v) is 11.6. The number of hydrogen-bond acceptors (Lipinski definition) is 3. The van der Waals surface area contributed by atoms with Gasteiger partial charge in [-0.3, -0.25) is 5.32 Å². The number of hydrogen-bond donors (Lipinski definition) is 2. The molecule has 1 saturated carbocycles. The van der Waals surface area contributed by atoms with Crippen LogP contribution in [0, 0.1) is 19.8 Å². The molecule has 2 amide bonds. The highest BCUT2D eigenvalue weighted by molar-refractivity contribution is 5.88. The van der Waals surface area contributed by atoms with Crippen LogP contribution in [-0.2, 0) is 0 Å². The Morgan fingerprint density at radius 2 is 2.20 bits per heavy atom. The molecule has 1 aromatic heterocycles. The minimum atomic E-state index is -2.69. The molecule has 1 aliphatic rings. The Morgan fingerprint density at radius 1 is 1.45 bits per heavy atom. The van der Waals surface area contributed by atoms with E-state index in [1.165, 1.54) is 0 Å². The van der Waals surface area contributed by atoms with Crippen molar-refractivity contribution >= 4 is 11.8 Å². The third-order valence-corrected chi connectivity index (χ3v) is 3.81. The number of aromatic nitrogens is 1. The smallest absolute Gasteiger partial charge is 0.320 e. The molecule has 20 heavy (non-hydrogen) atoms. The zero-order valence-electron chi connectivity index (χ0n) is 11.6. The van der Waals surface area contributed by atoms with Crippen LogP contribution in [0.5, 0.6) is 0 Å². The third-order valence-electron chi connectivity index (χ3n) is 3.81. The Bertz CT molecular complexity index is 488. The summed E-state index contributed by atoms with van der Waals surface area (Å²) in [4.78, 5) is 11.7. The number of carbonyl (C=O) groups is 1. The van der Waals surface area contributed by atoms with E-state index in [4.69, 9.17) is 4.52 Å². The second-order valence-electron chi connectivity index (χ2n) is 5.25. The maximum absolute atomic E-state index is 13.6. The van der Waals surface area contributed by atoms with Gasteiger partial charge >= 0.3 is 6.03 Å². The number of rotatable bonds is 3. The first-order valence-electron chi connectivity index (χ1n) is 6.75. The van der Waals surface area contributed by atoms with Gasteiger partial charge in [-0.05, 0) is 26.7 Å². The largest absolute Gasteiger partial charge is 0.359 e. The predicted octanol–water partition coefficient (Wildman–Crippen LogP) is 3.24. The highest BCUT2D eigenvalue weighted by Gasteiger charge is 2.41. The van der Waals surface area contributed by atoms with Gasteiger partial charge in [-0.25, -0.2) is 13.6 Å².